The first-order valence-electron chi connectivity index (χ1n) is 6.26. The Kier molecular flexibility index (Phi) is 5.77. The van der Waals surface area contributed by atoms with Gasteiger partial charge in [-0.25, -0.2) is 0 Å². The maximum atomic E-state index is 11.8. The number of rotatable bonds is 6. The fourth-order valence-electron chi connectivity index (χ4n) is 2.12. The van der Waals surface area contributed by atoms with E-state index in [-0.39, 0.29) is 12.5 Å². The highest BCUT2D eigenvalue weighted by Gasteiger charge is 2.25. The van der Waals surface area contributed by atoms with Gasteiger partial charge in [0.1, 0.15) is 0 Å². The van der Waals surface area contributed by atoms with Gasteiger partial charge in [0, 0.05) is 26.1 Å². The number of aliphatic hydroxyl groups excluding tert-OH is 1. The highest BCUT2D eigenvalue weighted by molar-refractivity contribution is 5.76. The first kappa shape index (κ1) is 13.5. The molecule has 0 aromatic carbocycles. The largest absolute Gasteiger partial charge is 0.396 e. The summed E-state index contributed by atoms with van der Waals surface area (Å²) in [5, 5.41) is 8.84. The third-order valence-electron chi connectivity index (χ3n) is 3.43. The minimum Gasteiger partial charge on any atom is -0.396 e. The van der Waals surface area contributed by atoms with Gasteiger partial charge in [0.25, 0.3) is 0 Å². The molecule has 1 fully saturated rings. The highest BCUT2D eigenvalue weighted by Crippen LogP contribution is 2.20. The molecule has 2 unspecified atom stereocenters. The fraction of sp³-hybridized carbons (Fsp3) is 0.917. The van der Waals surface area contributed by atoms with Crippen LogP contribution in [-0.2, 0) is 4.79 Å². The van der Waals surface area contributed by atoms with Gasteiger partial charge in [0.2, 0.25) is 5.91 Å². The third-order valence-corrected chi connectivity index (χ3v) is 3.43. The lowest BCUT2D eigenvalue weighted by atomic mass is 10.1. The normalized spacial score (nSPS) is 22.4. The van der Waals surface area contributed by atoms with E-state index in [1.807, 2.05) is 4.90 Å². The number of hydrogen-bond acceptors (Lipinski definition) is 3. The molecule has 0 spiro atoms. The Morgan fingerprint density at radius 1 is 1.62 bits per heavy atom. The van der Waals surface area contributed by atoms with Crippen molar-refractivity contribution in [3.05, 3.63) is 0 Å². The van der Waals surface area contributed by atoms with Gasteiger partial charge < -0.3 is 15.7 Å². The Hall–Kier alpha value is -0.610. The molecule has 1 rings (SSSR count). The lowest BCUT2D eigenvalue weighted by Gasteiger charge is -2.17. The second-order valence-corrected chi connectivity index (χ2v) is 4.89. The second kappa shape index (κ2) is 6.86. The summed E-state index contributed by atoms with van der Waals surface area (Å²) in [6.45, 7) is 4.65. The minimum atomic E-state index is 0.233. The van der Waals surface area contributed by atoms with Gasteiger partial charge in [-0.3, -0.25) is 4.79 Å². The van der Waals surface area contributed by atoms with E-state index in [1.54, 1.807) is 0 Å². The molecule has 16 heavy (non-hydrogen) atoms. The van der Waals surface area contributed by atoms with Crippen molar-refractivity contribution in [2.24, 2.45) is 17.6 Å². The molecule has 1 heterocycles. The summed E-state index contributed by atoms with van der Waals surface area (Å²) < 4.78 is 0. The SMILES string of the molecule is CC(CN)CCC(=O)N1CCC(CCO)C1. The van der Waals surface area contributed by atoms with E-state index < -0.39 is 0 Å². The molecule has 0 bridgehead atoms. The van der Waals surface area contributed by atoms with Crippen LogP contribution in [0.5, 0.6) is 0 Å². The Labute approximate surface area is 97.8 Å². The summed E-state index contributed by atoms with van der Waals surface area (Å²) in [6, 6.07) is 0. The Morgan fingerprint density at radius 3 is 3.00 bits per heavy atom. The smallest absolute Gasteiger partial charge is 0.222 e. The van der Waals surface area contributed by atoms with Crippen LogP contribution in [0, 0.1) is 11.8 Å². The number of hydrogen-bond donors (Lipinski definition) is 2. The quantitative estimate of drug-likeness (QED) is 0.699. The third kappa shape index (κ3) is 4.10. The number of likely N-dealkylation sites (tertiary alicyclic amines) is 1. The Morgan fingerprint density at radius 2 is 2.38 bits per heavy atom. The van der Waals surface area contributed by atoms with Crippen molar-refractivity contribution in [1.82, 2.24) is 4.90 Å². The molecule has 4 nitrogen and oxygen atoms in total. The summed E-state index contributed by atoms with van der Waals surface area (Å²) in [5.74, 6) is 1.18. The maximum Gasteiger partial charge on any atom is 0.222 e. The van der Waals surface area contributed by atoms with Crippen LogP contribution in [-0.4, -0.2) is 42.2 Å². The maximum absolute atomic E-state index is 11.8. The molecule has 1 saturated heterocycles. The zero-order valence-corrected chi connectivity index (χ0v) is 10.2. The number of aliphatic hydroxyl groups is 1. The van der Waals surface area contributed by atoms with Crippen molar-refractivity contribution < 1.29 is 9.90 Å². The predicted octanol–water partition coefficient (Wildman–Crippen LogP) is 0.592. The van der Waals surface area contributed by atoms with E-state index in [0.29, 0.717) is 24.8 Å². The predicted molar refractivity (Wildman–Crippen MR) is 63.8 cm³/mol. The number of carbonyl (C=O) groups is 1. The van der Waals surface area contributed by atoms with Crippen molar-refractivity contribution in [2.75, 3.05) is 26.2 Å². The average molecular weight is 228 g/mol. The van der Waals surface area contributed by atoms with Gasteiger partial charge in [-0.2, -0.15) is 0 Å². The average Bonchev–Trinajstić information content (AvgIpc) is 2.74. The van der Waals surface area contributed by atoms with Crippen LogP contribution in [0.4, 0.5) is 0 Å². The summed E-state index contributed by atoms with van der Waals surface area (Å²) in [5.41, 5.74) is 5.52. The summed E-state index contributed by atoms with van der Waals surface area (Å²) >= 11 is 0. The molecule has 1 amide bonds. The monoisotopic (exact) mass is 228 g/mol. The van der Waals surface area contributed by atoms with E-state index in [9.17, 15) is 4.79 Å². The molecule has 1 aliphatic rings. The molecule has 0 radical (unpaired) electrons. The molecule has 0 aliphatic carbocycles. The van der Waals surface area contributed by atoms with Gasteiger partial charge in [-0.1, -0.05) is 6.92 Å². The molecule has 3 N–H and O–H groups in total. The summed E-state index contributed by atoms with van der Waals surface area (Å²) in [6.07, 6.45) is 3.36. The van der Waals surface area contributed by atoms with Crippen molar-refractivity contribution in [3.8, 4) is 0 Å². The molecule has 0 saturated carbocycles. The number of nitrogens with two attached hydrogens (primary N) is 1. The molecule has 4 heteroatoms. The number of carbonyl (C=O) groups excluding carboxylic acids is 1. The molecule has 1 aliphatic heterocycles. The van der Waals surface area contributed by atoms with Gasteiger partial charge in [0.15, 0.2) is 0 Å². The van der Waals surface area contributed by atoms with Gasteiger partial charge >= 0.3 is 0 Å². The minimum absolute atomic E-state index is 0.233. The lowest BCUT2D eigenvalue weighted by Crippen LogP contribution is -2.29. The van der Waals surface area contributed by atoms with Crippen LogP contribution < -0.4 is 5.73 Å². The highest BCUT2D eigenvalue weighted by atomic mass is 16.3. The van der Waals surface area contributed by atoms with Crippen molar-refractivity contribution in [2.45, 2.75) is 32.6 Å². The van der Waals surface area contributed by atoms with E-state index in [1.165, 1.54) is 0 Å². The van der Waals surface area contributed by atoms with Gasteiger partial charge in [0.05, 0.1) is 0 Å². The first-order valence-corrected chi connectivity index (χ1v) is 6.26. The lowest BCUT2D eigenvalue weighted by molar-refractivity contribution is -0.130. The van der Waals surface area contributed by atoms with E-state index in [4.69, 9.17) is 10.8 Å². The molecule has 0 aromatic heterocycles. The first-order chi connectivity index (χ1) is 7.67. The second-order valence-electron chi connectivity index (χ2n) is 4.89. The fourth-order valence-corrected chi connectivity index (χ4v) is 2.12. The van der Waals surface area contributed by atoms with Crippen LogP contribution >= 0.6 is 0 Å². The van der Waals surface area contributed by atoms with Crippen molar-refractivity contribution in [3.63, 3.8) is 0 Å². The zero-order chi connectivity index (χ0) is 12.0. The van der Waals surface area contributed by atoms with E-state index in [0.717, 1.165) is 32.4 Å². The van der Waals surface area contributed by atoms with E-state index in [2.05, 4.69) is 6.92 Å². The van der Waals surface area contributed by atoms with Gasteiger partial charge in [-0.05, 0) is 37.6 Å². The van der Waals surface area contributed by atoms with Crippen molar-refractivity contribution >= 4 is 5.91 Å². The number of nitrogens with zero attached hydrogens (tertiary/aromatic N) is 1. The van der Waals surface area contributed by atoms with Crippen LogP contribution in [0.1, 0.15) is 32.6 Å². The Balaban J connectivity index is 2.23. The van der Waals surface area contributed by atoms with Crippen molar-refractivity contribution in [1.29, 1.82) is 0 Å². The zero-order valence-electron chi connectivity index (χ0n) is 10.2. The van der Waals surface area contributed by atoms with Crippen LogP contribution in [0.3, 0.4) is 0 Å². The standard InChI is InChI=1S/C12H24N2O2/c1-10(8-13)2-3-12(16)14-6-4-11(9-14)5-7-15/h10-11,15H,2-9,13H2,1H3. The number of amides is 1. The Bertz CT molecular complexity index is 221. The molecular weight excluding hydrogens is 204 g/mol. The summed E-state index contributed by atoms with van der Waals surface area (Å²) in [7, 11) is 0. The topological polar surface area (TPSA) is 66.6 Å². The van der Waals surface area contributed by atoms with E-state index >= 15 is 0 Å². The molecule has 2 atom stereocenters. The molecule has 0 aromatic rings. The van der Waals surface area contributed by atoms with Crippen LogP contribution in [0.25, 0.3) is 0 Å². The van der Waals surface area contributed by atoms with Gasteiger partial charge in [-0.15, -0.1) is 0 Å². The van der Waals surface area contributed by atoms with Crippen LogP contribution in [0.2, 0.25) is 0 Å². The molecule has 94 valence electrons. The summed E-state index contributed by atoms with van der Waals surface area (Å²) in [4.78, 5) is 13.8. The van der Waals surface area contributed by atoms with Crippen LogP contribution in [0.15, 0.2) is 0 Å². The molecular formula is C12H24N2O2.